The van der Waals surface area contributed by atoms with Gasteiger partial charge in [-0.05, 0) is 23.4 Å². The minimum absolute atomic E-state index is 0.238. The molecule has 0 atom stereocenters. The summed E-state index contributed by atoms with van der Waals surface area (Å²) in [7, 11) is 0. The Hall–Kier alpha value is -2.39. The molecule has 2 N–H and O–H groups in total. The number of hydrogen-bond acceptors (Lipinski definition) is 5. The zero-order valence-electron chi connectivity index (χ0n) is 8.55. The van der Waals surface area contributed by atoms with Crippen LogP contribution in [-0.2, 0) is 0 Å². The van der Waals surface area contributed by atoms with Gasteiger partial charge in [0.1, 0.15) is 11.6 Å². The van der Waals surface area contributed by atoms with Crippen molar-refractivity contribution in [1.82, 2.24) is 20.6 Å². The second-order valence-corrected chi connectivity index (χ2v) is 3.50. The molecule has 17 heavy (non-hydrogen) atoms. The summed E-state index contributed by atoms with van der Waals surface area (Å²) in [5.74, 6) is 0.238. The van der Waals surface area contributed by atoms with Crippen molar-refractivity contribution in [2.75, 3.05) is 5.32 Å². The van der Waals surface area contributed by atoms with Crippen molar-refractivity contribution in [2.24, 2.45) is 0 Å². The summed E-state index contributed by atoms with van der Waals surface area (Å²) in [4.78, 5) is 0. The van der Waals surface area contributed by atoms with E-state index in [9.17, 15) is 0 Å². The number of halogens is 1. The quantitative estimate of drug-likeness (QED) is 0.807. The number of aromatic amines is 1. The summed E-state index contributed by atoms with van der Waals surface area (Å²) in [5, 5.41) is 25.6. The smallest absolute Gasteiger partial charge is 0.216 e. The molecule has 1 heterocycles. The van der Waals surface area contributed by atoms with Gasteiger partial charge in [0.15, 0.2) is 0 Å². The van der Waals surface area contributed by atoms with Crippen molar-refractivity contribution in [3.63, 3.8) is 0 Å². The minimum Gasteiger partial charge on any atom is -0.360 e. The van der Waals surface area contributed by atoms with Crippen LogP contribution in [0, 0.1) is 11.3 Å². The van der Waals surface area contributed by atoms with Gasteiger partial charge in [-0.2, -0.15) is 10.5 Å². The molecule has 0 aliphatic carbocycles. The van der Waals surface area contributed by atoms with E-state index in [2.05, 4.69) is 25.9 Å². The predicted molar refractivity (Wildman–Crippen MR) is 62.8 cm³/mol. The molecule has 84 valence electrons. The maximum atomic E-state index is 8.92. The highest BCUT2D eigenvalue weighted by molar-refractivity contribution is 6.30. The lowest BCUT2D eigenvalue weighted by Gasteiger charge is -2.00. The van der Waals surface area contributed by atoms with Gasteiger partial charge >= 0.3 is 0 Å². The Balaban J connectivity index is 2.17. The fourth-order valence-electron chi connectivity index (χ4n) is 1.16. The molecule has 0 bridgehead atoms. The molecule has 0 fully saturated rings. The van der Waals surface area contributed by atoms with Crippen LogP contribution in [0.15, 0.2) is 30.5 Å². The standard InChI is InChI=1S/C10H7ClN6/c11-8-2-1-3-9(4-8)13-6-7(5-12)10-14-16-17-15-10/h1-4,6,13H,(H,14,15,16,17). The van der Waals surface area contributed by atoms with Crippen molar-refractivity contribution >= 4 is 22.9 Å². The molecule has 0 saturated carbocycles. The molecule has 0 spiro atoms. The summed E-state index contributed by atoms with van der Waals surface area (Å²) in [6, 6.07) is 9.11. The van der Waals surface area contributed by atoms with Crippen molar-refractivity contribution in [2.45, 2.75) is 0 Å². The van der Waals surface area contributed by atoms with Gasteiger partial charge in [0.05, 0.1) is 0 Å². The first-order valence-electron chi connectivity index (χ1n) is 4.66. The lowest BCUT2D eigenvalue weighted by atomic mass is 10.3. The van der Waals surface area contributed by atoms with E-state index in [1.807, 2.05) is 12.1 Å². The molecule has 0 amide bonds. The highest BCUT2D eigenvalue weighted by Crippen LogP contribution is 2.16. The number of anilines is 1. The Morgan fingerprint density at radius 2 is 2.41 bits per heavy atom. The first-order chi connectivity index (χ1) is 8.29. The number of benzene rings is 1. The number of rotatable bonds is 3. The van der Waals surface area contributed by atoms with Crippen molar-refractivity contribution in [3.05, 3.63) is 41.3 Å². The van der Waals surface area contributed by atoms with Crippen LogP contribution in [0.2, 0.25) is 5.02 Å². The third-order valence-corrected chi connectivity index (χ3v) is 2.15. The van der Waals surface area contributed by atoms with Gasteiger partial charge in [-0.1, -0.05) is 17.7 Å². The summed E-state index contributed by atoms with van der Waals surface area (Å²) >= 11 is 5.83. The first kappa shape index (κ1) is 11.1. The molecule has 0 saturated heterocycles. The first-order valence-corrected chi connectivity index (χ1v) is 5.03. The molecule has 7 heteroatoms. The Morgan fingerprint density at radius 3 is 3.06 bits per heavy atom. The molecule has 2 rings (SSSR count). The van der Waals surface area contributed by atoms with E-state index in [1.54, 1.807) is 18.2 Å². The molecule has 1 aromatic heterocycles. The van der Waals surface area contributed by atoms with Crippen LogP contribution < -0.4 is 5.32 Å². The Morgan fingerprint density at radius 1 is 1.53 bits per heavy atom. The van der Waals surface area contributed by atoms with Crippen molar-refractivity contribution in [3.8, 4) is 6.07 Å². The van der Waals surface area contributed by atoms with Crippen LogP contribution in [0.4, 0.5) is 5.69 Å². The third kappa shape index (κ3) is 2.80. The molecule has 0 unspecified atom stereocenters. The number of H-pyrrole nitrogens is 1. The van der Waals surface area contributed by atoms with Crippen LogP contribution in [0.1, 0.15) is 5.82 Å². The van der Waals surface area contributed by atoms with Crippen molar-refractivity contribution in [1.29, 1.82) is 5.26 Å². The number of nitrogens with zero attached hydrogens (tertiary/aromatic N) is 4. The molecule has 6 nitrogen and oxygen atoms in total. The third-order valence-electron chi connectivity index (χ3n) is 1.91. The lowest BCUT2D eigenvalue weighted by Crippen LogP contribution is -1.92. The predicted octanol–water partition coefficient (Wildman–Crippen LogP) is 1.83. The average Bonchev–Trinajstić information content (AvgIpc) is 2.84. The minimum atomic E-state index is 0.238. The molecule has 1 aromatic carbocycles. The topological polar surface area (TPSA) is 90.3 Å². The van der Waals surface area contributed by atoms with Gasteiger partial charge in [-0.25, -0.2) is 0 Å². The average molecular weight is 247 g/mol. The fraction of sp³-hybridized carbons (Fsp3) is 0. The Labute approximate surface area is 102 Å². The van der Waals surface area contributed by atoms with E-state index < -0.39 is 0 Å². The Bertz CT molecular complexity index is 569. The van der Waals surface area contributed by atoms with Gasteiger partial charge in [0.25, 0.3) is 0 Å². The van der Waals surface area contributed by atoms with E-state index in [0.29, 0.717) is 5.02 Å². The maximum absolute atomic E-state index is 8.92. The number of aromatic nitrogens is 4. The zero-order chi connectivity index (χ0) is 12.1. The molecule has 0 radical (unpaired) electrons. The largest absolute Gasteiger partial charge is 0.360 e. The van der Waals surface area contributed by atoms with E-state index >= 15 is 0 Å². The molecule has 0 aliphatic rings. The normalized spacial score (nSPS) is 10.9. The van der Waals surface area contributed by atoms with Crippen LogP contribution in [0.3, 0.4) is 0 Å². The second-order valence-electron chi connectivity index (χ2n) is 3.06. The molecular weight excluding hydrogens is 240 g/mol. The Kier molecular flexibility index (Phi) is 3.33. The fourth-order valence-corrected chi connectivity index (χ4v) is 1.35. The van der Waals surface area contributed by atoms with Gasteiger partial charge in [-0.3, -0.25) is 0 Å². The number of tetrazole rings is 1. The zero-order valence-corrected chi connectivity index (χ0v) is 9.31. The number of nitrogens with one attached hydrogen (secondary N) is 2. The highest BCUT2D eigenvalue weighted by Gasteiger charge is 2.04. The lowest BCUT2D eigenvalue weighted by molar-refractivity contribution is 0.881. The summed E-state index contributed by atoms with van der Waals surface area (Å²) in [6.45, 7) is 0. The van der Waals surface area contributed by atoms with Crippen LogP contribution >= 0.6 is 11.6 Å². The van der Waals surface area contributed by atoms with Crippen LogP contribution in [-0.4, -0.2) is 20.6 Å². The highest BCUT2D eigenvalue weighted by atomic mass is 35.5. The van der Waals surface area contributed by atoms with Gasteiger partial charge in [-0.15, -0.1) is 10.2 Å². The molecule has 0 aliphatic heterocycles. The van der Waals surface area contributed by atoms with Crippen LogP contribution in [0.25, 0.3) is 5.57 Å². The number of allylic oxidation sites excluding steroid dienone is 1. The van der Waals surface area contributed by atoms with E-state index in [-0.39, 0.29) is 11.4 Å². The van der Waals surface area contributed by atoms with Gasteiger partial charge in [0.2, 0.25) is 5.82 Å². The molecular formula is C10H7ClN6. The summed E-state index contributed by atoms with van der Waals surface area (Å²) < 4.78 is 0. The summed E-state index contributed by atoms with van der Waals surface area (Å²) in [6.07, 6.45) is 1.50. The number of nitriles is 1. The number of hydrogen-bond donors (Lipinski definition) is 2. The van der Waals surface area contributed by atoms with Crippen LogP contribution in [0.5, 0.6) is 0 Å². The van der Waals surface area contributed by atoms with Crippen molar-refractivity contribution < 1.29 is 0 Å². The monoisotopic (exact) mass is 246 g/mol. The van der Waals surface area contributed by atoms with E-state index in [1.165, 1.54) is 6.20 Å². The van der Waals surface area contributed by atoms with Gasteiger partial charge < -0.3 is 5.32 Å². The summed E-state index contributed by atoms with van der Waals surface area (Å²) in [5.41, 5.74) is 1.05. The SMILES string of the molecule is N#CC(=CNc1cccc(Cl)c1)c1nn[nH]n1. The maximum Gasteiger partial charge on any atom is 0.216 e. The molecule has 2 aromatic rings. The second kappa shape index (κ2) is 5.09. The van der Waals surface area contributed by atoms with E-state index in [0.717, 1.165) is 5.69 Å². The van der Waals surface area contributed by atoms with Gasteiger partial charge in [0, 0.05) is 16.9 Å². The van der Waals surface area contributed by atoms with E-state index in [4.69, 9.17) is 16.9 Å².